The standard InChI is InChI=1S/C12H16N2O2S/c1-8-4-3-5-10(6-8)14-11(15)7-17-9(2)12(13)16/h3-6,9H,7H2,1-2H3,(H2,13,16)(H,14,15). The van der Waals surface area contributed by atoms with Crippen molar-refractivity contribution in [3.63, 3.8) is 0 Å². The molecule has 0 aliphatic carbocycles. The summed E-state index contributed by atoms with van der Waals surface area (Å²) in [6.45, 7) is 3.65. The van der Waals surface area contributed by atoms with Gasteiger partial charge in [0, 0.05) is 5.69 Å². The molecule has 1 rings (SSSR count). The number of nitrogens with two attached hydrogens (primary N) is 1. The molecule has 0 bridgehead atoms. The predicted octanol–water partition coefficient (Wildman–Crippen LogP) is 1.54. The number of primary amides is 1. The minimum Gasteiger partial charge on any atom is -0.369 e. The van der Waals surface area contributed by atoms with Crippen LogP contribution in [-0.2, 0) is 9.59 Å². The predicted molar refractivity (Wildman–Crippen MR) is 70.9 cm³/mol. The van der Waals surface area contributed by atoms with E-state index in [4.69, 9.17) is 5.73 Å². The summed E-state index contributed by atoms with van der Waals surface area (Å²) >= 11 is 1.23. The normalized spacial score (nSPS) is 11.9. The van der Waals surface area contributed by atoms with Crippen LogP contribution in [0.25, 0.3) is 0 Å². The molecule has 0 aromatic heterocycles. The van der Waals surface area contributed by atoms with Crippen LogP contribution in [0.4, 0.5) is 5.69 Å². The zero-order valence-electron chi connectivity index (χ0n) is 9.90. The van der Waals surface area contributed by atoms with Crippen molar-refractivity contribution in [3.8, 4) is 0 Å². The van der Waals surface area contributed by atoms with E-state index in [9.17, 15) is 9.59 Å². The summed E-state index contributed by atoms with van der Waals surface area (Å²) in [6, 6.07) is 7.55. The van der Waals surface area contributed by atoms with Crippen molar-refractivity contribution in [1.29, 1.82) is 0 Å². The van der Waals surface area contributed by atoms with E-state index in [2.05, 4.69) is 5.32 Å². The van der Waals surface area contributed by atoms with Crippen molar-refractivity contribution in [2.75, 3.05) is 11.1 Å². The molecule has 0 aliphatic rings. The number of nitrogens with one attached hydrogen (secondary N) is 1. The minimum absolute atomic E-state index is 0.131. The fourth-order valence-electron chi connectivity index (χ4n) is 1.20. The lowest BCUT2D eigenvalue weighted by molar-refractivity contribution is -0.117. The third-order valence-corrected chi connectivity index (χ3v) is 3.33. The average Bonchev–Trinajstić information content (AvgIpc) is 2.25. The summed E-state index contributed by atoms with van der Waals surface area (Å²) in [4.78, 5) is 22.4. The SMILES string of the molecule is Cc1cccc(NC(=O)CSC(C)C(N)=O)c1. The van der Waals surface area contributed by atoms with Crippen LogP contribution in [0.3, 0.4) is 0 Å². The van der Waals surface area contributed by atoms with Gasteiger partial charge in [-0.15, -0.1) is 11.8 Å². The van der Waals surface area contributed by atoms with Gasteiger partial charge in [-0.05, 0) is 31.5 Å². The van der Waals surface area contributed by atoms with Gasteiger partial charge in [0.25, 0.3) is 0 Å². The lowest BCUT2D eigenvalue weighted by Gasteiger charge is -2.08. The topological polar surface area (TPSA) is 72.2 Å². The molecule has 0 saturated heterocycles. The van der Waals surface area contributed by atoms with Gasteiger partial charge >= 0.3 is 0 Å². The highest BCUT2D eigenvalue weighted by Gasteiger charge is 2.11. The van der Waals surface area contributed by atoms with Crippen LogP contribution in [0.1, 0.15) is 12.5 Å². The largest absolute Gasteiger partial charge is 0.369 e. The Morgan fingerprint density at radius 2 is 2.18 bits per heavy atom. The van der Waals surface area contributed by atoms with Gasteiger partial charge in [-0.3, -0.25) is 9.59 Å². The van der Waals surface area contributed by atoms with Crippen LogP contribution in [0.15, 0.2) is 24.3 Å². The van der Waals surface area contributed by atoms with Crippen LogP contribution in [0.2, 0.25) is 0 Å². The van der Waals surface area contributed by atoms with Gasteiger partial charge in [0.05, 0.1) is 11.0 Å². The first kappa shape index (κ1) is 13.6. The first-order chi connectivity index (χ1) is 7.99. The molecule has 5 heteroatoms. The van der Waals surface area contributed by atoms with Gasteiger partial charge in [0.15, 0.2) is 0 Å². The number of thioether (sulfide) groups is 1. The number of rotatable bonds is 5. The van der Waals surface area contributed by atoms with Crippen molar-refractivity contribution in [3.05, 3.63) is 29.8 Å². The van der Waals surface area contributed by atoms with Gasteiger partial charge < -0.3 is 11.1 Å². The maximum Gasteiger partial charge on any atom is 0.234 e. The Morgan fingerprint density at radius 1 is 1.47 bits per heavy atom. The molecular formula is C12H16N2O2S. The monoisotopic (exact) mass is 252 g/mol. The molecule has 0 heterocycles. The van der Waals surface area contributed by atoms with Crippen LogP contribution < -0.4 is 11.1 Å². The highest BCUT2D eigenvalue weighted by atomic mass is 32.2. The maximum absolute atomic E-state index is 11.6. The Labute approximate surface area is 105 Å². The molecule has 1 atom stereocenters. The van der Waals surface area contributed by atoms with Crippen molar-refractivity contribution < 1.29 is 9.59 Å². The Morgan fingerprint density at radius 3 is 2.76 bits per heavy atom. The summed E-state index contributed by atoms with van der Waals surface area (Å²) in [7, 11) is 0. The summed E-state index contributed by atoms with van der Waals surface area (Å²) in [6.07, 6.45) is 0. The summed E-state index contributed by atoms with van der Waals surface area (Å²) in [5.41, 5.74) is 6.95. The third kappa shape index (κ3) is 4.91. The molecule has 1 aromatic rings. The van der Waals surface area contributed by atoms with E-state index < -0.39 is 5.91 Å². The number of amides is 2. The van der Waals surface area contributed by atoms with E-state index in [1.54, 1.807) is 6.92 Å². The first-order valence-corrected chi connectivity index (χ1v) is 6.31. The fraction of sp³-hybridized carbons (Fsp3) is 0.333. The van der Waals surface area contributed by atoms with E-state index >= 15 is 0 Å². The van der Waals surface area contributed by atoms with Gasteiger partial charge in [0.1, 0.15) is 0 Å². The summed E-state index contributed by atoms with van der Waals surface area (Å²) < 4.78 is 0. The molecule has 17 heavy (non-hydrogen) atoms. The summed E-state index contributed by atoms with van der Waals surface area (Å²) in [5, 5.41) is 2.42. The second-order valence-corrected chi connectivity index (χ2v) is 5.10. The van der Waals surface area contributed by atoms with Gasteiger partial charge in [-0.25, -0.2) is 0 Å². The molecular weight excluding hydrogens is 236 g/mol. The van der Waals surface area contributed by atoms with E-state index in [-0.39, 0.29) is 16.9 Å². The number of aryl methyl sites for hydroxylation is 1. The Hall–Kier alpha value is -1.49. The van der Waals surface area contributed by atoms with E-state index in [0.717, 1.165) is 11.3 Å². The maximum atomic E-state index is 11.6. The molecule has 4 nitrogen and oxygen atoms in total. The Kier molecular flexibility index (Phi) is 5.03. The lowest BCUT2D eigenvalue weighted by Crippen LogP contribution is -2.25. The smallest absolute Gasteiger partial charge is 0.234 e. The molecule has 0 fully saturated rings. The van der Waals surface area contributed by atoms with Gasteiger partial charge in [0.2, 0.25) is 11.8 Å². The molecule has 2 amide bonds. The second-order valence-electron chi connectivity index (χ2n) is 3.77. The van der Waals surface area contributed by atoms with Crippen LogP contribution in [-0.4, -0.2) is 22.8 Å². The molecule has 1 aromatic carbocycles. The number of hydrogen-bond donors (Lipinski definition) is 2. The van der Waals surface area contributed by atoms with Crippen LogP contribution >= 0.6 is 11.8 Å². The summed E-state index contributed by atoms with van der Waals surface area (Å²) in [5.74, 6) is -0.315. The van der Waals surface area contributed by atoms with E-state index in [1.165, 1.54) is 11.8 Å². The highest BCUT2D eigenvalue weighted by Crippen LogP contribution is 2.12. The van der Waals surface area contributed by atoms with E-state index in [0.29, 0.717) is 0 Å². The Bertz CT molecular complexity index is 421. The lowest BCUT2D eigenvalue weighted by atomic mass is 10.2. The Balaban J connectivity index is 2.42. The quantitative estimate of drug-likeness (QED) is 0.835. The van der Waals surface area contributed by atoms with Crippen molar-refractivity contribution in [1.82, 2.24) is 0 Å². The van der Waals surface area contributed by atoms with E-state index in [1.807, 2.05) is 31.2 Å². The van der Waals surface area contributed by atoms with Crippen molar-refractivity contribution in [2.24, 2.45) is 5.73 Å². The molecule has 0 spiro atoms. The number of hydrogen-bond acceptors (Lipinski definition) is 3. The van der Waals surface area contributed by atoms with Gasteiger partial charge in [-0.1, -0.05) is 12.1 Å². The third-order valence-electron chi connectivity index (χ3n) is 2.17. The first-order valence-electron chi connectivity index (χ1n) is 5.26. The van der Waals surface area contributed by atoms with Crippen LogP contribution in [0, 0.1) is 6.92 Å². The minimum atomic E-state index is -0.404. The number of carbonyl (C=O) groups is 2. The number of benzene rings is 1. The molecule has 3 N–H and O–H groups in total. The average molecular weight is 252 g/mol. The number of carbonyl (C=O) groups excluding carboxylic acids is 2. The second kappa shape index (κ2) is 6.30. The van der Waals surface area contributed by atoms with Gasteiger partial charge in [-0.2, -0.15) is 0 Å². The highest BCUT2D eigenvalue weighted by molar-refractivity contribution is 8.01. The molecule has 0 radical (unpaired) electrons. The van der Waals surface area contributed by atoms with Crippen LogP contribution in [0.5, 0.6) is 0 Å². The van der Waals surface area contributed by atoms with Crippen molar-refractivity contribution >= 4 is 29.3 Å². The molecule has 0 saturated carbocycles. The number of anilines is 1. The zero-order chi connectivity index (χ0) is 12.8. The van der Waals surface area contributed by atoms with Crippen molar-refractivity contribution in [2.45, 2.75) is 19.1 Å². The molecule has 0 aliphatic heterocycles. The zero-order valence-corrected chi connectivity index (χ0v) is 10.7. The molecule has 1 unspecified atom stereocenters. The molecule has 92 valence electrons. The fourth-order valence-corrected chi connectivity index (χ4v) is 1.84.